The minimum Gasteiger partial charge on any atom is -0.486 e. The molecule has 1 unspecified atom stereocenters. The molecule has 218 valence electrons. The van der Waals surface area contributed by atoms with E-state index in [1.807, 2.05) is 42.5 Å². The maximum Gasteiger partial charge on any atom is 0.229 e. The van der Waals surface area contributed by atoms with Gasteiger partial charge in [-0.15, -0.1) is 10.5 Å². The minimum absolute atomic E-state index is 0.0396. The van der Waals surface area contributed by atoms with Gasteiger partial charge in [0.15, 0.2) is 5.49 Å². The van der Waals surface area contributed by atoms with Gasteiger partial charge in [-0.2, -0.15) is 0 Å². The Kier molecular flexibility index (Phi) is 10.5. The van der Waals surface area contributed by atoms with Gasteiger partial charge in [0.25, 0.3) is 0 Å². The number of aliphatic hydroxyl groups is 1. The molecule has 9 nitrogen and oxygen atoms in total. The van der Waals surface area contributed by atoms with Crippen molar-refractivity contribution in [2.75, 3.05) is 32.1 Å². The highest BCUT2D eigenvalue weighted by Crippen LogP contribution is 2.34. The van der Waals surface area contributed by atoms with Crippen LogP contribution in [0.25, 0.3) is 0 Å². The number of rotatable bonds is 13. The second kappa shape index (κ2) is 14.9. The summed E-state index contributed by atoms with van der Waals surface area (Å²) in [6.45, 7) is 1.92. The maximum atomic E-state index is 12.8. The number of aromatic nitrogens is 3. The van der Waals surface area contributed by atoms with E-state index < -0.39 is 10.5 Å². The number of amides is 1. The molecule has 0 saturated carbocycles. The van der Waals surface area contributed by atoms with Gasteiger partial charge in [-0.1, -0.05) is 53.4 Å². The number of ether oxygens (including phenoxy) is 2. The summed E-state index contributed by atoms with van der Waals surface area (Å²) in [7, 11) is -0.431. The summed E-state index contributed by atoms with van der Waals surface area (Å²) in [5.41, 5.74) is 4.22. The van der Waals surface area contributed by atoms with Crippen LogP contribution in [0.1, 0.15) is 16.8 Å². The highest BCUT2D eigenvalue weighted by molar-refractivity contribution is 8.15. The van der Waals surface area contributed by atoms with Crippen LogP contribution in [-0.4, -0.2) is 63.0 Å². The molecule has 1 atom stereocenters. The number of pyridine rings is 1. The third-order valence-corrected chi connectivity index (χ3v) is 8.80. The van der Waals surface area contributed by atoms with E-state index in [0.717, 1.165) is 21.8 Å². The third-order valence-electron chi connectivity index (χ3n) is 6.38. The zero-order chi connectivity index (χ0) is 29.1. The Balaban J connectivity index is 1.38. The van der Waals surface area contributed by atoms with Crippen molar-refractivity contribution in [3.63, 3.8) is 0 Å². The lowest BCUT2D eigenvalue weighted by molar-refractivity contribution is -0.118. The predicted octanol–water partition coefficient (Wildman–Crippen LogP) is 3.90. The Morgan fingerprint density at radius 1 is 1.10 bits per heavy atom. The van der Waals surface area contributed by atoms with Gasteiger partial charge in [-0.05, 0) is 35.9 Å². The first-order valence-electron chi connectivity index (χ1n) is 13.6. The molecule has 1 aliphatic rings. The fourth-order valence-corrected chi connectivity index (χ4v) is 6.74. The molecule has 2 aromatic carbocycles. The maximum absolute atomic E-state index is 12.8. The summed E-state index contributed by atoms with van der Waals surface area (Å²) >= 11 is 6.54. The van der Waals surface area contributed by atoms with E-state index in [2.05, 4.69) is 32.4 Å². The van der Waals surface area contributed by atoms with Gasteiger partial charge in [0.05, 0.1) is 53.3 Å². The fourth-order valence-electron chi connectivity index (χ4n) is 4.45. The number of carbonyl (C=O) groups excluding carboxylic acids is 1. The van der Waals surface area contributed by atoms with Gasteiger partial charge in [-0.3, -0.25) is 9.78 Å². The van der Waals surface area contributed by atoms with Crippen LogP contribution in [0, 0.1) is 0 Å². The van der Waals surface area contributed by atoms with Crippen LogP contribution in [0.5, 0.6) is 5.75 Å². The molecule has 0 bridgehead atoms. The molecular weight excluding hydrogens is 574 g/mol. The van der Waals surface area contributed by atoms with E-state index in [0.29, 0.717) is 60.4 Å². The molecule has 2 aromatic heterocycles. The molecule has 1 aliphatic heterocycles. The second-order valence-corrected chi connectivity index (χ2v) is 11.7. The normalized spacial score (nSPS) is 14.3. The standard InChI is InChI=1S/C31H32ClN5O4S/c32-27-18-24(9-10-28(27)41-20-25-8-4-5-12-33-25)36-30-26-11-17-42(21-29(39)34-13-15-40-16-14-38)31(26)37(22-35-30)19-23-6-2-1-3-7-23/h1-10,12,17-18,22,38H,11,13-16,19-21H2,(H,34,39). The monoisotopic (exact) mass is 605 g/mol. The van der Waals surface area contributed by atoms with Gasteiger partial charge >= 0.3 is 0 Å². The number of benzene rings is 2. The first-order valence-corrected chi connectivity index (χ1v) is 15.4. The fraction of sp³-hybridized carbons (Fsp3) is 0.258. The zero-order valence-corrected chi connectivity index (χ0v) is 24.6. The number of aliphatic hydroxyl groups excluding tert-OH is 1. The van der Waals surface area contributed by atoms with Crippen molar-refractivity contribution >= 4 is 39.0 Å². The Bertz CT molecular complexity index is 1610. The minimum atomic E-state index is -0.431. The molecule has 3 heterocycles. The Morgan fingerprint density at radius 3 is 2.74 bits per heavy atom. The molecule has 1 amide bonds. The summed E-state index contributed by atoms with van der Waals surface area (Å²) in [5.74, 6) is 0.833. The lowest BCUT2D eigenvalue weighted by Crippen LogP contribution is -2.29. The van der Waals surface area contributed by atoms with Gasteiger partial charge in [0.1, 0.15) is 12.4 Å². The number of hydrogen-bond donors (Lipinski definition) is 2. The van der Waals surface area contributed by atoms with Crippen LogP contribution in [0.3, 0.4) is 0 Å². The van der Waals surface area contributed by atoms with Crippen molar-refractivity contribution in [2.45, 2.75) is 24.6 Å². The highest BCUT2D eigenvalue weighted by atomic mass is 35.5. The summed E-state index contributed by atoms with van der Waals surface area (Å²) in [6, 6.07) is 21.2. The van der Waals surface area contributed by atoms with E-state index in [1.54, 1.807) is 24.7 Å². The Morgan fingerprint density at radius 2 is 1.95 bits per heavy atom. The largest absolute Gasteiger partial charge is 0.486 e. The van der Waals surface area contributed by atoms with Gasteiger partial charge in [-0.25, -0.2) is 9.98 Å². The number of carbonyl (C=O) groups is 1. The molecule has 11 heteroatoms. The van der Waals surface area contributed by atoms with Crippen LogP contribution in [0.2, 0.25) is 5.02 Å². The molecule has 0 fully saturated rings. The third kappa shape index (κ3) is 7.92. The molecule has 42 heavy (non-hydrogen) atoms. The smallest absolute Gasteiger partial charge is 0.229 e. The average Bonchev–Trinajstić information content (AvgIpc) is 3.43. The second-order valence-electron chi connectivity index (χ2n) is 9.43. The van der Waals surface area contributed by atoms with Crippen molar-refractivity contribution in [3.05, 3.63) is 107 Å². The first kappa shape index (κ1) is 29.7. The first-order chi connectivity index (χ1) is 20.6. The number of halogens is 1. The van der Waals surface area contributed by atoms with E-state index in [1.165, 1.54) is 0 Å². The molecule has 0 spiro atoms. The molecule has 2 N–H and O–H groups in total. The van der Waals surface area contributed by atoms with Crippen LogP contribution in [-0.2, 0) is 29.1 Å². The quantitative estimate of drug-likeness (QED) is 0.136. The van der Waals surface area contributed by atoms with Gasteiger partial charge < -0.3 is 24.5 Å². The number of hydrogen-bond acceptors (Lipinski definition) is 7. The average molecular weight is 606 g/mol. The summed E-state index contributed by atoms with van der Waals surface area (Å²) in [5, 5.41) is 15.4. The predicted molar refractivity (Wildman–Crippen MR) is 164 cm³/mol. The van der Waals surface area contributed by atoms with E-state index >= 15 is 0 Å². The topological polar surface area (TPSA) is 111 Å². The molecule has 4 aromatic rings. The Labute approximate surface area is 251 Å². The SMILES string of the molecule is O=C(CS1=CCc2c1n(Cc1ccccc1)cnc2=Nc1ccc(OCc2ccccn2)c(Cl)c1)NCCOCCO. The molecule has 0 saturated heterocycles. The molecular formula is C31H32ClN5O4S. The van der Waals surface area contributed by atoms with Crippen molar-refractivity contribution < 1.29 is 19.4 Å². The lowest BCUT2D eigenvalue weighted by atomic mass is 10.2. The lowest BCUT2D eigenvalue weighted by Gasteiger charge is -2.16. The summed E-state index contributed by atoms with van der Waals surface area (Å²) in [4.78, 5) is 26.6. The van der Waals surface area contributed by atoms with Crippen molar-refractivity contribution in [1.29, 1.82) is 0 Å². The van der Waals surface area contributed by atoms with E-state index in [-0.39, 0.29) is 19.1 Å². The number of fused-ring (bicyclic) bond motifs is 1. The zero-order valence-electron chi connectivity index (χ0n) is 23.0. The van der Waals surface area contributed by atoms with Crippen molar-refractivity contribution in [2.24, 2.45) is 4.99 Å². The Hall–Kier alpha value is -3.83. The molecule has 0 aliphatic carbocycles. The molecule has 0 radical (unpaired) electrons. The van der Waals surface area contributed by atoms with E-state index in [4.69, 9.17) is 36.2 Å². The van der Waals surface area contributed by atoms with Crippen LogP contribution in [0.4, 0.5) is 5.69 Å². The van der Waals surface area contributed by atoms with Crippen LogP contribution >= 0.6 is 22.1 Å². The van der Waals surface area contributed by atoms with Crippen LogP contribution < -0.4 is 15.5 Å². The summed E-state index contributed by atoms with van der Waals surface area (Å²) < 4.78 is 13.2. The number of nitrogens with one attached hydrogen (secondary N) is 1. The summed E-state index contributed by atoms with van der Waals surface area (Å²) in [6.07, 6.45) is 4.18. The van der Waals surface area contributed by atoms with Crippen LogP contribution in [0.15, 0.2) is 89.3 Å². The number of nitrogens with zero attached hydrogens (tertiary/aromatic N) is 4. The highest BCUT2D eigenvalue weighted by Gasteiger charge is 2.22. The van der Waals surface area contributed by atoms with E-state index in [9.17, 15) is 4.79 Å². The van der Waals surface area contributed by atoms with Gasteiger partial charge in [0, 0.05) is 31.3 Å². The van der Waals surface area contributed by atoms with Crippen molar-refractivity contribution in [1.82, 2.24) is 19.9 Å². The van der Waals surface area contributed by atoms with Crippen molar-refractivity contribution in [3.8, 4) is 5.75 Å². The molecule has 5 rings (SSSR count). The van der Waals surface area contributed by atoms with Gasteiger partial charge in [0.2, 0.25) is 5.91 Å².